The van der Waals surface area contributed by atoms with Gasteiger partial charge in [0, 0.05) is 23.2 Å². The summed E-state index contributed by atoms with van der Waals surface area (Å²) in [6.45, 7) is 2.63. The van der Waals surface area contributed by atoms with Crippen LogP contribution in [0.5, 0.6) is 0 Å². The van der Waals surface area contributed by atoms with E-state index in [0.29, 0.717) is 17.0 Å². The zero-order valence-corrected chi connectivity index (χ0v) is 12.8. The fourth-order valence-corrected chi connectivity index (χ4v) is 2.64. The second-order valence-electron chi connectivity index (χ2n) is 5.26. The second kappa shape index (κ2) is 5.67. The van der Waals surface area contributed by atoms with E-state index in [0.717, 1.165) is 11.1 Å². The van der Waals surface area contributed by atoms with Crippen LogP contribution in [0, 0.1) is 18.3 Å². The summed E-state index contributed by atoms with van der Waals surface area (Å²) in [6, 6.07) is 15.3. The summed E-state index contributed by atoms with van der Waals surface area (Å²) >= 11 is 5.99. The molecule has 0 aliphatic carbocycles. The van der Waals surface area contributed by atoms with E-state index in [9.17, 15) is 10.1 Å². The summed E-state index contributed by atoms with van der Waals surface area (Å²) in [6.07, 6.45) is 1.61. The molecule has 0 saturated heterocycles. The molecule has 0 unspecified atom stereocenters. The third-order valence-electron chi connectivity index (χ3n) is 3.64. The molecule has 108 valence electrons. The Morgan fingerprint density at radius 1 is 1.18 bits per heavy atom. The van der Waals surface area contributed by atoms with E-state index in [-0.39, 0.29) is 11.0 Å². The van der Waals surface area contributed by atoms with Crippen molar-refractivity contribution in [1.29, 1.82) is 5.26 Å². The van der Waals surface area contributed by atoms with E-state index < -0.39 is 0 Å². The van der Waals surface area contributed by atoms with Crippen LogP contribution in [0.1, 0.15) is 16.7 Å². The van der Waals surface area contributed by atoms with Crippen LogP contribution in [-0.4, -0.2) is 4.57 Å². The van der Waals surface area contributed by atoms with Gasteiger partial charge < -0.3 is 4.57 Å². The standard InChI is InChI=1S/C18H13ClN2O/c1-12-2-4-13(5-3-12)10-21-11-14(9-20)18(22)16-8-15(19)6-7-17(16)21/h2-8,11H,10H2,1H3. The number of benzene rings is 2. The first-order valence-electron chi connectivity index (χ1n) is 6.87. The second-order valence-corrected chi connectivity index (χ2v) is 5.70. The normalized spacial score (nSPS) is 10.6. The van der Waals surface area contributed by atoms with Gasteiger partial charge in [-0.2, -0.15) is 5.26 Å². The van der Waals surface area contributed by atoms with Gasteiger partial charge in [-0.1, -0.05) is 41.4 Å². The summed E-state index contributed by atoms with van der Waals surface area (Å²) in [4.78, 5) is 12.3. The lowest BCUT2D eigenvalue weighted by molar-refractivity contribution is 0.823. The maximum Gasteiger partial charge on any atom is 0.207 e. The summed E-state index contributed by atoms with van der Waals surface area (Å²) in [5, 5.41) is 10.1. The molecule has 0 bridgehead atoms. The molecule has 0 atom stereocenters. The monoisotopic (exact) mass is 308 g/mol. The van der Waals surface area contributed by atoms with Gasteiger partial charge in [-0.15, -0.1) is 0 Å². The first-order valence-corrected chi connectivity index (χ1v) is 7.24. The van der Waals surface area contributed by atoms with Crippen molar-refractivity contribution < 1.29 is 0 Å². The Morgan fingerprint density at radius 2 is 1.91 bits per heavy atom. The molecule has 0 fully saturated rings. The van der Waals surface area contributed by atoms with Crippen molar-refractivity contribution in [3.05, 3.63) is 80.6 Å². The molecule has 3 nitrogen and oxygen atoms in total. The molecule has 0 aliphatic heterocycles. The molecule has 0 saturated carbocycles. The lowest BCUT2D eigenvalue weighted by Crippen LogP contribution is -2.13. The lowest BCUT2D eigenvalue weighted by Gasteiger charge is -2.12. The fraction of sp³-hybridized carbons (Fsp3) is 0.111. The zero-order chi connectivity index (χ0) is 15.7. The molecule has 1 heterocycles. The number of nitrogens with zero attached hydrogens (tertiary/aromatic N) is 2. The van der Waals surface area contributed by atoms with E-state index >= 15 is 0 Å². The van der Waals surface area contributed by atoms with E-state index in [4.69, 9.17) is 11.6 Å². The molecule has 0 spiro atoms. The Balaban J connectivity index is 2.20. The number of nitriles is 1. The first-order chi connectivity index (χ1) is 10.6. The summed E-state index contributed by atoms with van der Waals surface area (Å²) in [5.41, 5.74) is 2.92. The minimum atomic E-state index is -0.278. The fourth-order valence-electron chi connectivity index (χ4n) is 2.47. The van der Waals surface area contributed by atoms with Crippen LogP contribution < -0.4 is 5.43 Å². The highest BCUT2D eigenvalue weighted by Crippen LogP contribution is 2.19. The van der Waals surface area contributed by atoms with Gasteiger partial charge in [0.25, 0.3) is 0 Å². The molecule has 22 heavy (non-hydrogen) atoms. The smallest absolute Gasteiger partial charge is 0.207 e. The highest BCUT2D eigenvalue weighted by molar-refractivity contribution is 6.31. The van der Waals surface area contributed by atoms with Crippen LogP contribution in [0.4, 0.5) is 0 Å². The largest absolute Gasteiger partial charge is 0.341 e. The van der Waals surface area contributed by atoms with Crippen molar-refractivity contribution in [3.8, 4) is 6.07 Å². The number of hydrogen-bond acceptors (Lipinski definition) is 2. The maximum atomic E-state index is 12.3. The summed E-state index contributed by atoms with van der Waals surface area (Å²) < 4.78 is 1.91. The number of hydrogen-bond donors (Lipinski definition) is 0. The SMILES string of the molecule is Cc1ccc(Cn2cc(C#N)c(=O)c3cc(Cl)ccc32)cc1. The molecule has 2 aromatic carbocycles. The van der Waals surface area contributed by atoms with Gasteiger partial charge in [0.15, 0.2) is 0 Å². The summed E-state index contributed by atoms with van der Waals surface area (Å²) in [5.74, 6) is 0. The highest BCUT2D eigenvalue weighted by Gasteiger charge is 2.09. The Bertz CT molecular complexity index is 950. The van der Waals surface area contributed by atoms with Crippen LogP contribution in [0.3, 0.4) is 0 Å². The van der Waals surface area contributed by atoms with E-state index in [1.54, 1.807) is 18.3 Å². The van der Waals surface area contributed by atoms with Crippen LogP contribution in [0.2, 0.25) is 5.02 Å². The van der Waals surface area contributed by atoms with Crippen molar-refractivity contribution >= 4 is 22.5 Å². The van der Waals surface area contributed by atoms with Gasteiger partial charge in [0.05, 0.1) is 5.52 Å². The highest BCUT2D eigenvalue weighted by atomic mass is 35.5. The van der Waals surface area contributed by atoms with Crippen molar-refractivity contribution in [3.63, 3.8) is 0 Å². The minimum absolute atomic E-state index is 0.127. The van der Waals surface area contributed by atoms with E-state index in [1.165, 1.54) is 5.56 Å². The number of rotatable bonds is 2. The molecule has 0 aliphatic rings. The van der Waals surface area contributed by atoms with Crippen molar-refractivity contribution in [2.75, 3.05) is 0 Å². The Morgan fingerprint density at radius 3 is 2.59 bits per heavy atom. The number of halogens is 1. The topological polar surface area (TPSA) is 45.8 Å². The third kappa shape index (κ3) is 2.61. The van der Waals surface area contributed by atoms with E-state index in [1.807, 2.05) is 47.9 Å². The first kappa shape index (κ1) is 14.4. The number of aromatic nitrogens is 1. The Labute approximate surface area is 133 Å². The average Bonchev–Trinajstić information content (AvgIpc) is 2.52. The van der Waals surface area contributed by atoms with Gasteiger partial charge in [0.2, 0.25) is 5.43 Å². The van der Waals surface area contributed by atoms with Crippen LogP contribution in [-0.2, 0) is 6.54 Å². The summed E-state index contributed by atoms with van der Waals surface area (Å²) in [7, 11) is 0. The molecule has 3 aromatic rings. The van der Waals surface area contributed by atoms with Gasteiger partial charge in [-0.05, 0) is 30.7 Å². The maximum absolute atomic E-state index is 12.3. The molecule has 0 N–H and O–H groups in total. The van der Waals surface area contributed by atoms with E-state index in [2.05, 4.69) is 0 Å². The molecular weight excluding hydrogens is 296 g/mol. The Kier molecular flexibility index (Phi) is 3.70. The average molecular weight is 309 g/mol. The van der Waals surface area contributed by atoms with Crippen molar-refractivity contribution in [2.45, 2.75) is 13.5 Å². The number of pyridine rings is 1. The quantitative estimate of drug-likeness (QED) is 0.721. The van der Waals surface area contributed by atoms with Crippen molar-refractivity contribution in [2.24, 2.45) is 0 Å². The van der Waals surface area contributed by atoms with Crippen LogP contribution >= 0.6 is 11.6 Å². The molecular formula is C18H13ClN2O. The van der Waals surface area contributed by atoms with Crippen molar-refractivity contribution in [1.82, 2.24) is 4.57 Å². The molecule has 3 rings (SSSR count). The Hall–Kier alpha value is -2.57. The molecule has 0 amide bonds. The van der Waals surface area contributed by atoms with Gasteiger partial charge >= 0.3 is 0 Å². The predicted octanol–water partition coefficient (Wildman–Crippen LogP) is 3.88. The molecule has 0 radical (unpaired) electrons. The van der Waals surface area contributed by atoms with Gasteiger partial charge in [-0.25, -0.2) is 0 Å². The molecule has 1 aromatic heterocycles. The van der Waals surface area contributed by atoms with Gasteiger partial charge in [-0.3, -0.25) is 4.79 Å². The van der Waals surface area contributed by atoms with Crippen LogP contribution in [0.15, 0.2) is 53.5 Å². The lowest BCUT2D eigenvalue weighted by atomic mass is 10.1. The molecule has 4 heteroatoms. The van der Waals surface area contributed by atoms with Gasteiger partial charge in [0.1, 0.15) is 11.6 Å². The zero-order valence-electron chi connectivity index (χ0n) is 12.0. The number of aryl methyl sites for hydroxylation is 1. The third-order valence-corrected chi connectivity index (χ3v) is 3.87. The number of fused-ring (bicyclic) bond motifs is 1. The van der Waals surface area contributed by atoms with Crippen LogP contribution in [0.25, 0.3) is 10.9 Å². The minimum Gasteiger partial charge on any atom is -0.341 e. The predicted molar refractivity (Wildman–Crippen MR) is 88.2 cm³/mol.